The van der Waals surface area contributed by atoms with E-state index in [0.717, 1.165) is 16.5 Å². The molecule has 0 unspecified atom stereocenters. The summed E-state index contributed by atoms with van der Waals surface area (Å²) in [4.78, 5) is 12.1. The van der Waals surface area contributed by atoms with E-state index in [2.05, 4.69) is 5.32 Å². The van der Waals surface area contributed by atoms with Crippen molar-refractivity contribution in [2.45, 2.75) is 13.0 Å². The lowest BCUT2D eigenvalue weighted by Gasteiger charge is -2.15. The average Bonchev–Trinajstić information content (AvgIpc) is 2.67. The minimum Gasteiger partial charge on any atom is -0.491 e. The van der Waals surface area contributed by atoms with Gasteiger partial charge in [-0.1, -0.05) is 48.0 Å². The van der Waals surface area contributed by atoms with Crippen molar-refractivity contribution in [1.29, 1.82) is 0 Å². The predicted octanol–water partition coefficient (Wildman–Crippen LogP) is 4.46. The van der Waals surface area contributed by atoms with Crippen LogP contribution in [0.1, 0.15) is 6.92 Å². The van der Waals surface area contributed by atoms with Gasteiger partial charge in [0.05, 0.1) is 6.54 Å². The first-order valence-corrected chi connectivity index (χ1v) is 8.82. The molecule has 0 aromatic heterocycles. The van der Waals surface area contributed by atoms with Crippen LogP contribution in [0.15, 0.2) is 66.7 Å². The zero-order valence-corrected chi connectivity index (χ0v) is 15.2. The molecule has 134 valence electrons. The molecule has 0 aliphatic carbocycles. The lowest BCUT2D eigenvalue weighted by atomic mass is 10.1. The van der Waals surface area contributed by atoms with Gasteiger partial charge >= 0.3 is 0 Å². The van der Waals surface area contributed by atoms with E-state index >= 15 is 0 Å². The Balaban J connectivity index is 1.46. The summed E-state index contributed by atoms with van der Waals surface area (Å²) >= 11 is 5.83. The second kappa shape index (κ2) is 8.59. The first kappa shape index (κ1) is 18.1. The van der Waals surface area contributed by atoms with Crippen LogP contribution in [-0.4, -0.2) is 25.2 Å². The molecule has 0 aliphatic rings. The van der Waals surface area contributed by atoms with Crippen molar-refractivity contribution in [3.63, 3.8) is 0 Å². The molecule has 3 aromatic carbocycles. The van der Waals surface area contributed by atoms with Gasteiger partial charge in [-0.05, 0) is 42.6 Å². The van der Waals surface area contributed by atoms with E-state index in [1.54, 1.807) is 31.2 Å². The van der Waals surface area contributed by atoms with Crippen molar-refractivity contribution in [1.82, 2.24) is 5.32 Å². The van der Waals surface area contributed by atoms with Crippen LogP contribution >= 0.6 is 11.6 Å². The monoisotopic (exact) mass is 369 g/mol. The molecule has 1 atom stereocenters. The topological polar surface area (TPSA) is 47.6 Å². The Labute approximate surface area is 157 Å². The fourth-order valence-electron chi connectivity index (χ4n) is 2.57. The summed E-state index contributed by atoms with van der Waals surface area (Å²) in [6.07, 6.45) is -0.603. The minimum absolute atomic E-state index is 0.193. The van der Waals surface area contributed by atoms with Crippen LogP contribution < -0.4 is 14.8 Å². The number of carbonyl (C=O) groups is 1. The fourth-order valence-corrected chi connectivity index (χ4v) is 2.70. The molecule has 0 saturated heterocycles. The Morgan fingerprint density at radius 2 is 1.77 bits per heavy atom. The Kier molecular flexibility index (Phi) is 5.97. The Hall–Kier alpha value is -2.72. The fraction of sp³-hybridized carbons (Fsp3) is 0.190. The molecule has 4 nitrogen and oxygen atoms in total. The molecule has 0 bridgehead atoms. The van der Waals surface area contributed by atoms with Gasteiger partial charge < -0.3 is 14.8 Å². The molecule has 0 saturated carbocycles. The number of fused-ring (bicyclic) bond motifs is 1. The summed E-state index contributed by atoms with van der Waals surface area (Å²) in [5.74, 6) is 1.22. The summed E-state index contributed by atoms with van der Waals surface area (Å²) in [5.41, 5.74) is 0. The Morgan fingerprint density at radius 1 is 1.04 bits per heavy atom. The SMILES string of the molecule is C[C@H](Oc1ccc(Cl)cc1)C(=O)NCCOc1cccc2ccccc12. The van der Waals surface area contributed by atoms with Gasteiger partial charge in [0.15, 0.2) is 6.10 Å². The van der Waals surface area contributed by atoms with Crippen LogP contribution in [0.5, 0.6) is 11.5 Å². The van der Waals surface area contributed by atoms with Crippen LogP contribution in [0.25, 0.3) is 10.8 Å². The number of carbonyl (C=O) groups excluding carboxylic acids is 1. The minimum atomic E-state index is -0.603. The summed E-state index contributed by atoms with van der Waals surface area (Å²) < 4.78 is 11.4. The zero-order chi connectivity index (χ0) is 18.4. The molecule has 3 rings (SSSR count). The largest absolute Gasteiger partial charge is 0.491 e. The highest BCUT2D eigenvalue weighted by molar-refractivity contribution is 6.30. The maximum Gasteiger partial charge on any atom is 0.260 e. The van der Waals surface area contributed by atoms with E-state index < -0.39 is 6.10 Å². The van der Waals surface area contributed by atoms with Crippen molar-refractivity contribution in [2.75, 3.05) is 13.2 Å². The van der Waals surface area contributed by atoms with E-state index in [4.69, 9.17) is 21.1 Å². The number of halogens is 1. The first-order valence-electron chi connectivity index (χ1n) is 8.44. The summed E-state index contributed by atoms with van der Waals surface area (Å²) in [6.45, 7) is 2.49. The average molecular weight is 370 g/mol. The third-order valence-electron chi connectivity index (χ3n) is 3.90. The zero-order valence-electron chi connectivity index (χ0n) is 14.4. The van der Waals surface area contributed by atoms with Gasteiger partial charge in [0, 0.05) is 10.4 Å². The highest BCUT2D eigenvalue weighted by atomic mass is 35.5. The second-order valence-electron chi connectivity index (χ2n) is 5.83. The van der Waals surface area contributed by atoms with Crippen LogP contribution in [0.2, 0.25) is 5.02 Å². The van der Waals surface area contributed by atoms with Gasteiger partial charge in [-0.25, -0.2) is 0 Å². The number of amides is 1. The first-order chi connectivity index (χ1) is 12.6. The van der Waals surface area contributed by atoms with E-state index in [1.807, 2.05) is 42.5 Å². The van der Waals surface area contributed by atoms with Gasteiger partial charge in [-0.3, -0.25) is 4.79 Å². The number of hydrogen-bond acceptors (Lipinski definition) is 3. The van der Waals surface area contributed by atoms with Crippen molar-refractivity contribution in [3.8, 4) is 11.5 Å². The van der Waals surface area contributed by atoms with Gasteiger partial charge in [0.1, 0.15) is 18.1 Å². The molecule has 1 N–H and O–H groups in total. The molecule has 26 heavy (non-hydrogen) atoms. The quantitative estimate of drug-likeness (QED) is 0.626. The normalized spacial score (nSPS) is 11.8. The highest BCUT2D eigenvalue weighted by Crippen LogP contribution is 2.24. The van der Waals surface area contributed by atoms with Crippen LogP contribution in [0, 0.1) is 0 Å². The maximum absolute atomic E-state index is 12.1. The van der Waals surface area contributed by atoms with Crippen molar-refractivity contribution < 1.29 is 14.3 Å². The molecule has 0 radical (unpaired) electrons. The summed E-state index contributed by atoms with van der Waals surface area (Å²) in [5, 5.41) is 5.62. The molecule has 0 aliphatic heterocycles. The molecular weight excluding hydrogens is 350 g/mol. The van der Waals surface area contributed by atoms with E-state index in [-0.39, 0.29) is 5.91 Å². The maximum atomic E-state index is 12.1. The van der Waals surface area contributed by atoms with Gasteiger partial charge in [-0.15, -0.1) is 0 Å². The van der Waals surface area contributed by atoms with Gasteiger partial charge in [0.25, 0.3) is 5.91 Å². The predicted molar refractivity (Wildman–Crippen MR) is 104 cm³/mol. The van der Waals surface area contributed by atoms with Crippen LogP contribution in [0.3, 0.4) is 0 Å². The molecule has 3 aromatic rings. The smallest absolute Gasteiger partial charge is 0.260 e. The number of ether oxygens (including phenoxy) is 2. The Bertz CT molecular complexity index is 875. The molecule has 0 heterocycles. The van der Waals surface area contributed by atoms with Gasteiger partial charge in [-0.2, -0.15) is 0 Å². The third kappa shape index (κ3) is 4.67. The number of rotatable bonds is 7. The van der Waals surface area contributed by atoms with Crippen molar-refractivity contribution in [2.24, 2.45) is 0 Å². The lowest BCUT2D eigenvalue weighted by Crippen LogP contribution is -2.38. The number of nitrogens with one attached hydrogen (secondary N) is 1. The molecule has 0 fully saturated rings. The number of benzene rings is 3. The highest BCUT2D eigenvalue weighted by Gasteiger charge is 2.14. The standard InChI is InChI=1S/C21H20ClNO3/c1-15(26-18-11-9-17(22)10-12-18)21(24)23-13-14-25-20-8-4-6-16-5-2-3-7-19(16)20/h2-12,15H,13-14H2,1H3,(H,23,24)/t15-/m0/s1. The van der Waals surface area contributed by atoms with Crippen molar-refractivity contribution in [3.05, 3.63) is 71.8 Å². The van der Waals surface area contributed by atoms with E-state index in [9.17, 15) is 4.79 Å². The number of hydrogen-bond donors (Lipinski definition) is 1. The Morgan fingerprint density at radius 3 is 2.58 bits per heavy atom. The van der Waals surface area contributed by atoms with E-state index in [1.165, 1.54) is 0 Å². The third-order valence-corrected chi connectivity index (χ3v) is 4.16. The summed E-state index contributed by atoms with van der Waals surface area (Å²) in [6, 6.07) is 20.9. The summed E-state index contributed by atoms with van der Waals surface area (Å²) in [7, 11) is 0. The van der Waals surface area contributed by atoms with Crippen LogP contribution in [0.4, 0.5) is 0 Å². The van der Waals surface area contributed by atoms with Crippen molar-refractivity contribution >= 4 is 28.3 Å². The molecular formula is C21H20ClNO3. The van der Waals surface area contributed by atoms with Gasteiger partial charge in [0.2, 0.25) is 0 Å². The van der Waals surface area contributed by atoms with E-state index in [0.29, 0.717) is 23.9 Å². The molecule has 0 spiro atoms. The van der Waals surface area contributed by atoms with Crippen LogP contribution in [-0.2, 0) is 4.79 Å². The molecule has 1 amide bonds. The lowest BCUT2D eigenvalue weighted by molar-refractivity contribution is -0.127. The molecule has 5 heteroatoms. The second-order valence-corrected chi connectivity index (χ2v) is 6.27.